The lowest BCUT2D eigenvalue weighted by Crippen LogP contribution is -2.30. The number of amides is 2. The summed E-state index contributed by atoms with van der Waals surface area (Å²) < 4.78 is 5.49. The molecule has 0 spiro atoms. The molecule has 8 nitrogen and oxygen atoms in total. The maximum atomic E-state index is 12.8. The van der Waals surface area contributed by atoms with Gasteiger partial charge in [-0.3, -0.25) is 19.7 Å². The molecule has 0 saturated carbocycles. The van der Waals surface area contributed by atoms with Crippen LogP contribution in [0.2, 0.25) is 0 Å². The minimum Gasteiger partial charge on any atom is -0.474 e. The molecule has 0 bridgehead atoms. The normalized spacial score (nSPS) is 11.3. The van der Waals surface area contributed by atoms with Gasteiger partial charge in [0, 0.05) is 30.1 Å². The zero-order chi connectivity index (χ0) is 22.4. The van der Waals surface area contributed by atoms with E-state index in [1.165, 1.54) is 30.0 Å². The van der Waals surface area contributed by atoms with Crippen molar-refractivity contribution in [1.82, 2.24) is 0 Å². The number of nitrogens with zero attached hydrogens (tertiary/aromatic N) is 2. The minimum atomic E-state index is -0.993. The molecule has 0 saturated heterocycles. The van der Waals surface area contributed by atoms with Crippen LogP contribution in [0.25, 0.3) is 0 Å². The maximum absolute atomic E-state index is 12.8. The van der Waals surface area contributed by atoms with Gasteiger partial charge in [0.1, 0.15) is 0 Å². The van der Waals surface area contributed by atoms with E-state index in [1.807, 2.05) is 30.3 Å². The molecule has 158 valence electrons. The van der Waals surface area contributed by atoms with Gasteiger partial charge >= 0.3 is 5.69 Å². The second-order valence-corrected chi connectivity index (χ2v) is 6.75. The number of carbonyl (C=O) groups is 2. The van der Waals surface area contributed by atoms with Crippen molar-refractivity contribution in [1.29, 1.82) is 0 Å². The Morgan fingerprint density at radius 3 is 2.39 bits per heavy atom. The minimum absolute atomic E-state index is 0.00330. The largest absolute Gasteiger partial charge is 0.474 e. The number of nitro groups is 1. The molecular formula is C23H21N3O5. The lowest BCUT2D eigenvalue weighted by molar-refractivity contribution is -0.386. The van der Waals surface area contributed by atoms with E-state index in [1.54, 1.807) is 37.4 Å². The lowest BCUT2D eigenvalue weighted by Gasteiger charge is -2.18. The molecule has 0 aliphatic rings. The Kier molecular flexibility index (Phi) is 6.61. The van der Waals surface area contributed by atoms with Gasteiger partial charge in [-0.15, -0.1) is 0 Å². The summed E-state index contributed by atoms with van der Waals surface area (Å²) in [6, 6.07) is 21.6. The van der Waals surface area contributed by atoms with Crippen molar-refractivity contribution in [3.8, 4) is 5.75 Å². The van der Waals surface area contributed by atoms with E-state index in [0.29, 0.717) is 11.3 Å². The Balaban J connectivity index is 1.70. The fourth-order valence-corrected chi connectivity index (χ4v) is 2.89. The van der Waals surface area contributed by atoms with Gasteiger partial charge in [-0.2, -0.15) is 0 Å². The van der Waals surface area contributed by atoms with Crippen molar-refractivity contribution < 1.29 is 19.2 Å². The highest BCUT2D eigenvalue weighted by atomic mass is 16.6. The third-order valence-corrected chi connectivity index (χ3v) is 4.56. The van der Waals surface area contributed by atoms with Crippen molar-refractivity contribution >= 4 is 28.9 Å². The summed E-state index contributed by atoms with van der Waals surface area (Å²) in [6.07, 6.45) is -0.993. The number of hydrogen-bond acceptors (Lipinski definition) is 5. The molecule has 0 aromatic heterocycles. The Hall–Kier alpha value is -4.20. The predicted molar refractivity (Wildman–Crippen MR) is 117 cm³/mol. The Morgan fingerprint density at radius 1 is 1.00 bits per heavy atom. The van der Waals surface area contributed by atoms with Crippen LogP contribution in [-0.4, -0.2) is 29.9 Å². The van der Waals surface area contributed by atoms with E-state index in [2.05, 4.69) is 5.32 Å². The van der Waals surface area contributed by atoms with E-state index in [0.717, 1.165) is 5.69 Å². The lowest BCUT2D eigenvalue weighted by atomic mass is 10.1. The summed E-state index contributed by atoms with van der Waals surface area (Å²) in [5, 5.41) is 13.8. The van der Waals surface area contributed by atoms with Gasteiger partial charge in [0.2, 0.25) is 0 Å². The quantitative estimate of drug-likeness (QED) is 0.455. The van der Waals surface area contributed by atoms with Crippen LogP contribution in [0.4, 0.5) is 17.1 Å². The number of para-hydroxylation sites is 3. The number of nitrogens with one attached hydrogen (secondary N) is 1. The molecule has 0 radical (unpaired) electrons. The van der Waals surface area contributed by atoms with E-state index < -0.39 is 16.9 Å². The molecule has 3 rings (SSSR count). The van der Waals surface area contributed by atoms with Gasteiger partial charge in [0.05, 0.1) is 4.92 Å². The molecule has 0 heterocycles. The highest BCUT2D eigenvalue weighted by Crippen LogP contribution is 2.27. The standard InChI is InChI=1S/C23H21N3O5/c1-16(31-21-14-7-6-13-20(21)26(29)30)22(27)24-18-10-8-9-17(15-18)23(28)25(2)19-11-4-3-5-12-19/h3-16H,1-2H3,(H,24,27). The number of anilines is 2. The third-order valence-electron chi connectivity index (χ3n) is 4.56. The van der Waals surface area contributed by atoms with Crippen LogP contribution >= 0.6 is 0 Å². The maximum Gasteiger partial charge on any atom is 0.310 e. The third kappa shape index (κ3) is 5.24. The fraction of sp³-hybridized carbons (Fsp3) is 0.130. The van der Waals surface area contributed by atoms with Crippen molar-refractivity contribution in [2.75, 3.05) is 17.3 Å². The number of ether oxygens (including phenoxy) is 1. The molecule has 1 unspecified atom stereocenters. The number of nitro benzene ring substituents is 1. The summed E-state index contributed by atoms with van der Waals surface area (Å²) in [4.78, 5) is 37.4. The van der Waals surface area contributed by atoms with E-state index in [-0.39, 0.29) is 17.3 Å². The van der Waals surface area contributed by atoms with Crippen LogP contribution in [0.3, 0.4) is 0 Å². The molecular weight excluding hydrogens is 398 g/mol. The van der Waals surface area contributed by atoms with E-state index in [9.17, 15) is 19.7 Å². The van der Waals surface area contributed by atoms with Crippen molar-refractivity contribution in [3.05, 3.63) is 94.5 Å². The SMILES string of the molecule is CC(Oc1ccccc1[N+](=O)[O-])C(=O)Nc1cccc(C(=O)N(C)c2ccccc2)c1. The highest BCUT2D eigenvalue weighted by Gasteiger charge is 2.21. The molecule has 1 atom stereocenters. The summed E-state index contributed by atoms with van der Waals surface area (Å²) in [5.74, 6) is -0.728. The van der Waals surface area contributed by atoms with E-state index >= 15 is 0 Å². The summed E-state index contributed by atoms with van der Waals surface area (Å²) in [5.41, 5.74) is 1.33. The summed E-state index contributed by atoms with van der Waals surface area (Å²) in [7, 11) is 1.67. The van der Waals surface area contributed by atoms with Gasteiger partial charge in [-0.05, 0) is 43.3 Å². The van der Waals surface area contributed by atoms with Crippen molar-refractivity contribution in [2.45, 2.75) is 13.0 Å². The molecule has 1 N–H and O–H groups in total. The van der Waals surface area contributed by atoms with Crippen LogP contribution in [-0.2, 0) is 4.79 Å². The Bertz CT molecular complexity index is 1100. The van der Waals surface area contributed by atoms with Gasteiger partial charge in [0.15, 0.2) is 11.9 Å². The predicted octanol–water partition coefficient (Wildman–Crippen LogP) is 4.28. The average molecular weight is 419 g/mol. The first-order valence-corrected chi connectivity index (χ1v) is 9.51. The molecule has 0 aliphatic carbocycles. The molecule has 8 heteroatoms. The van der Waals surface area contributed by atoms with Crippen LogP contribution in [0, 0.1) is 10.1 Å². The van der Waals surface area contributed by atoms with Gasteiger partial charge < -0.3 is 15.0 Å². The second kappa shape index (κ2) is 9.53. The summed E-state index contributed by atoms with van der Waals surface area (Å²) >= 11 is 0. The fourth-order valence-electron chi connectivity index (χ4n) is 2.89. The number of benzene rings is 3. The molecule has 2 amide bonds. The smallest absolute Gasteiger partial charge is 0.310 e. The van der Waals surface area contributed by atoms with Gasteiger partial charge in [0.25, 0.3) is 11.8 Å². The Morgan fingerprint density at radius 2 is 1.68 bits per heavy atom. The topological polar surface area (TPSA) is 102 Å². The van der Waals surface area contributed by atoms with E-state index in [4.69, 9.17) is 4.74 Å². The number of rotatable bonds is 7. The second-order valence-electron chi connectivity index (χ2n) is 6.75. The van der Waals surface area contributed by atoms with Crippen LogP contribution in [0.1, 0.15) is 17.3 Å². The molecule has 3 aromatic rings. The molecule has 0 aliphatic heterocycles. The molecule has 31 heavy (non-hydrogen) atoms. The van der Waals surface area contributed by atoms with Crippen molar-refractivity contribution in [2.24, 2.45) is 0 Å². The zero-order valence-electron chi connectivity index (χ0n) is 17.0. The van der Waals surface area contributed by atoms with Crippen LogP contribution in [0.15, 0.2) is 78.9 Å². The first kappa shape index (κ1) is 21.5. The van der Waals surface area contributed by atoms with Crippen LogP contribution in [0.5, 0.6) is 5.75 Å². The molecule has 0 fully saturated rings. The Labute approximate surface area is 179 Å². The van der Waals surface area contributed by atoms with Gasteiger partial charge in [-0.25, -0.2) is 0 Å². The monoisotopic (exact) mass is 419 g/mol. The zero-order valence-corrected chi connectivity index (χ0v) is 17.0. The first-order chi connectivity index (χ1) is 14.9. The van der Waals surface area contributed by atoms with Gasteiger partial charge in [-0.1, -0.05) is 36.4 Å². The molecule has 3 aromatic carbocycles. The number of carbonyl (C=O) groups excluding carboxylic acids is 2. The highest BCUT2D eigenvalue weighted by molar-refractivity contribution is 6.06. The average Bonchev–Trinajstić information content (AvgIpc) is 2.79. The number of hydrogen-bond donors (Lipinski definition) is 1. The summed E-state index contributed by atoms with van der Waals surface area (Å²) in [6.45, 7) is 1.49. The van der Waals surface area contributed by atoms with Crippen LogP contribution < -0.4 is 15.0 Å². The first-order valence-electron chi connectivity index (χ1n) is 9.51. The van der Waals surface area contributed by atoms with Crippen molar-refractivity contribution in [3.63, 3.8) is 0 Å².